The Hall–Kier alpha value is -3.06. The molecule has 6 nitrogen and oxygen atoms in total. The van der Waals surface area contributed by atoms with Crippen molar-refractivity contribution in [2.75, 3.05) is 11.9 Å². The number of carbonyl (C=O) groups excluding carboxylic acids is 3. The van der Waals surface area contributed by atoms with Crippen molar-refractivity contribution < 1.29 is 19.1 Å². The first-order chi connectivity index (χ1) is 14.0. The summed E-state index contributed by atoms with van der Waals surface area (Å²) in [6.45, 7) is 3.73. The van der Waals surface area contributed by atoms with Crippen LogP contribution in [0.5, 0.6) is 5.75 Å². The molecule has 0 aromatic heterocycles. The lowest BCUT2D eigenvalue weighted by molar-refractivity contribution is -0.127. The Morgan fingerprint density at radius 1 is 1.14 bits per heavy atom. The van der Waals surface area contributed by atoms with E-state index in [-0.39, 0.29) is 17.6 Å². The SMILES string of the molecule is CCC(C)Oc1ccc(/C=C2/SC(=O)N(CC(=O)Nc3ccccc3)C2=O)cc1. The zero-order chi connectivity index (χ0) is 20.8. The zero-order valence-corrected chi connectivity index (χ0v) is 17.1. The quantitative estimate of drug-likeness (QED) is 0.678. The summed E-state index contributed by atoms with van der Waals surface area (Å²) in [5.41, 5.74) is 1.39. The molecule has 29 heavy (non-hydrogen) atoms. The fraction of sp³-hybridized carbons (Fsp3) is 0.227. The number of hydrogen-bond donors (Lipinski definition) is 1. The maximum atomic E-state index is 12.6. The summed E-state index contributed by atoms with van der Waals surface area (Å²) >= 11 is 0.831. The molecule has 0 saturated carbocycles. The van der Waals surface area contributed by atoms with Gasteiger partial charge in [0.25, 0.3) is 11.1 Å². The van der Waals surface area contributed by atoms with Gasteiger partial charge in [-0.05, 0) is 61.0 Å². The van der Waals surface area contributed by atoms with E-state index in [1.807, 2.05) is 37.3 Å². The number of rotatable bonds is 7. The lowest BCUT2D eigenvalue weighted by atomic mass is 10.2. The highest BCUT2D eigenvalue weighted by molar-refractivity contribution is 8.18. The molecule has 0 aliphatic carbocycles. The molecular formula is C22H22N2O4S. The number of imide groups is 1. The van der Waals surface area contributed by atoms with Gasteiger partial charge in [-0.3, -0.25) is 19.3 Å². The molecule has 0 radical (unpaired) electrons. The molecule has 150 valence electrons. The Bertz CT molecular complexity index is 926. The van der Waals surface area contributed by atoms with Crippen molar-refractivity contribution >= 4 is 40.6 Å². The molecule has 0 spiro atoms. The topological polar surface area (TPSA) is 75.7 Å². The predicted molar refractivity (Wildman–Crippen MR) is 115 cm³/mol. The number of nitrogens with one attached hydrogen (secondary N) is 1. The van der Waals surface area contributed by atoms with E-state index < -0.39 is 17.1 Å². The van der Waals surface area contributed by atoms with Gasteiger partial charge >= 0.3 is 0 Å². The highest BCUT2D eigenvalue weighted by Crippen LogP contribution is 2.32. The third kappa shape index (κ3) is 5.48. The Labute approximate surface area is 173 Å². The number of thioether (sulfide) groups is 1. The number of para-hydroxylation sites is 1. The van der Waals surface area contributed by atoms with Crippen LogP contribution in [0.3, 0.4) is 0 Å². The zero-order valence-electron chi connectivity index (χ0n) is 16.3. The standard InChI is InChI=1S/C22H22N2O4S/c1-3-15(2)28-18-11-9-16(10-12-18)13-19-21(26)24(22(27)29-19)14-20(25)23-17-7-5-4-6-8-17/h4-13,15H,3,14H2,1-2H3,(H,23,25)/b19-13+. The molecule has 7 heteroatoms. The van der Waals surface area contributed by atoms with Gasteiger partial charge in [-0.25, -0.2) is 0 Å². The van der Waals surface area contributed by atoms with Crippen molar-refractivity contribution in [1.29, 1.82) is 0 Å². The van der Waals surface area contributed by atoms with Crippen LogP contribution in [0.15, 0.2) is 59.5 Å². The van der Waals surface area contributed by atoms with Gasteiger partial charge in [0.2, 0.25) is 5.91 Å². The molecule has 1 heterocycles. The van der Waals surface area contributed by atoms with Crippen LogP contribution in [0.4, 0.5) is 10.5 Å². The average Bonchev–Trinajstić information content (AvgIpc) is 2.97. The number of nitrogens with zero attached hydrogens (tertiary/aromatic N) is 1. The number of hydrogen-bond acceptors (Lipinski definition) is 5. The van der Waals surface area contributed by atoms with Gasteiger partial charge in [0.05, 0.1) is 11.0 Å². The summed E-state index contributed by atoms with van der Waals surface area (Å²) < 4.78 is 5.74. The number of ether oxygens (including phenoxy) is 1. The molecule has 2 aromatic rings. The van der Waals surface area contributed by atoms with Gasteiger partial charge < -0.3 is 10.1 Å². The summed E-state index contributed by atoms with van der Waals surface area (Å²) in [6.07, 6.45) is 2.68. The molecule has 1 fully saturated rings. The summed E-state index contributed by atoms with van der Waals surface area (Å²) in [5, 5.41) is 2.22. The van der Waals surface area contributed by atoms with Gasteiger partial charge in [0.1, 0.15) is 12.3 Å². The van der Waals surface area contributed by atoms with E-state index in [4.69, 9.17) is 4.74 Å². The van der Waals surface area contributed by atoms with Crippen LogP contribution in [0.2, 0.25) is 0 Å². The van der Waals surface area contributed by atoms with Crippen LogP contribution in [0.25, 0.3) is 6.08 Å². The van der Waals surface area contributed by atoms with Gasteiger partial charge in [-0.15, -0.1) is 0 Å². The predicted octanol–water partition coefficient (Wildman–Crippen LogP) is 4.54. The first kappa shape index (κ1) is 20.7. The first-order valence-corrected chi connectivity index (χ1v) is 10.1. The summed E-state index contributed by atoms with van der Waals surface area (Å²) in [6, 6.07) is 16.2. The third-order valence-electron chi connectivity index (χ3n) is 4.32. The van der Waals surface area contributed by atoms with Crippen molar-refractivity contribution in [2.45, 2.75) is 26.4 Å². The van der Waals surface area contributed by atoms with Crippen molar-refractivity contribution in [3.8, 4) is 5.75 Å². The molecule has 1 atom stereocenters. The van der Waals surface area contributed by atoms with Gasteiger partial charge in [0.15, 0.2) is 0 Å². The minimum atomic E-state index is -0.469. The van der Waals surface area contributed by atoms with Crippen LogP contribution in [0, 0.1) is 0 Å². The monoisotopic (exact) mass is 410 g/mol. The van der Waals surface area contributed by atoms with E-state index in [0.717, 1.165) is 34.4 Å². The molecule has 3 amide bonds. The Morgan fingerprint density at radius 2 is 1.83 bits per heavy atom. The van der Waals surface area contributed by atoms with Gasteiger partial charge in [0, 0.05) is 5.69 Å². The highest BCUT2D eigenvalue weighted by atomic mass is 32.2. The minimum absolute atomic E-state index is 0.124. The number of carbonyl (C=O) groups is 3. The second kappa shape index (κ2) is 9.43. The lowest BCUT2D eigenvalue weighted by Gasteiger charge is -2.12. The fourth-order valence-corrected chi connectivity index (χ4v) is 3.45. The van der Waals surface area contributed by atoms with Crippen molar-refractivity contribution in [3.05, 3.63) is 65.1 Å². The molecular weight excluding hydrogens is 388 g/mol. The van der Waals surface area contributed by atoms with Gasteiger partial charge in [-0.1, -0.05) is 37.3 Å². The minimum Gasteiger partial charge on any atom is -0.491 e. The van der Waals surface area contributed by atoms with E-state index in [9.17, 15) is 14.4 Å². The fourth-order valence-electron chi connectivity index (χ4n) is 2.61. The smallest absolute Gasteiger partial charge is 0.294 e. The molecule has 3 rings (SSSR count). The molecule has 1 unspecified atom stereocenters. The largest absolute Gasteiger partial charge is 0.491 e. The highest BCUT2D eigenvalue weighted by Gasteiger charge is 2.36. The second-order valence-corrected chi connectivity index (χ2v) is 7.58. The van der Waals surface area contributed by atoms with E-state index in [1.165, 1.54) is 0 Å². The van der Waals surface area contributed by atoms with Crippen LogP contribution < -0.4 is 10.1 Å². The molecule has 1 saturated heterocycles. The van der Waals surface area contributed by atoms with E-state index in [0.29, 0.717) is 5.69 Å². The van der Waals surface area contributed by atoms with Crippen molar-refractivity contribution in [3.63, 3.8) is 0 Å². The molecule has 1 aliphatic heterocycles. The maximum Gasteiger partial charge on any atom is 0.294 e. The Kier molecular flexibility index (Phi) is 6.72. The number of anilines is 1. The van der Waals surface area contributed by atoms with Crippen LogP contribution in [-0.4, -0.2) is 34.6 Å². The second-order valence-electron chi connectivity index (χ2n) is 6.59. The van der Waals surface area contributed by atoms with E-state index in [1.54, 1.807) is 30.3 Å². The Balaban J connectivity index is 1.64. The Morgan fingerprint density at radius 3 is 2.48 bits per heavy atom. The van der Waals surface area contributed by atoms with Crippen molar-refractivity contribution in [2.24, 2.45) is 0 Å². The van der Waals surface area contributed by atoms with Crippen LogP contribution >= 0.6 is 11.8 Å². The average molecular weight is 410 g/mol. The summed E-state index contributed by atoms with van der Waals surface area (Å²) in [4.78, 5) is 38.2. The van der Waals surface area contributed by atoms with E-state index in [2.05, 4.69) is 12.2 Å². The number of benzene rings is 2. The number of amides is 3. The van der Waals surface area contributed by atoms with Crippen LogP contribution in [0.1, 0.15) is 25.8 Å². The van der Waals surface area contributed by atoms with Crippen molar-refractivity contribution in [1.82, 2.24) is 4.90 Å². The molecule has 0 bridgehead atoms. The normalized spacial score (nSPS) is 16.2. The summed E-state index contributed by atoms with van der Waals surface area (Å²) in [5.74, 6) is -0.142. The molecule has 2 aromatic carbocycles. The van der Waals surface area contributed by atoms with Crippen LogP contribution in [-0.2, 0) is 9.59 Å². The molecule has 1 aliphatic rings. The van der Waals surface area contributed by atoms with E-state index >= 15 is 0 Å². The summed E-state index contributed by atoms with van der Waals surface area (Å²) in [7, 11) is 0. The lowest BCUT2D eigenvalue weighted by Crippen LogP contribution is -2.36. The molecule has 1 N–H and O–H groups in total. The first-order valence-electron chi connectivity index (χ1n) is 9.33. The van der Waals surface area contributed by atoms with Gasteiger partial charge in [-0.2, -0.15) is 0 Å². The third-order valence-corrected chi connectivity index (χ3v) is 5.23. The maximum absolute atomic E-state index is 12.6.